The van der Waals surface area contributed by atoms with Gasteiger partial charge in [0.2, 0.25) is 29.4 Å². The molecule has 1 fully saturated rings. The zero-order valence-corrected chi connectivity index (χ0v) is 33.4. The second kappa shape index (κ2) is 19.1. The van der Waals surface area contributed by atoms with Crippen molar-refractivity contribution in [2.45, 2.75) is 70.3 Å². The summed E-state index contributed by atoms with van der Waals surface area (Å²) in [7, 11) is 0. The van der Waals surface area contributed by atoms with Crippen molar-refractivity contribution in [3.05, 3.63) is 99.6 Å². The van der Waals surface area contributed by atoms with Gasteiger partial charge in [-0.1, -0.05) is 73.4 Å². The minimum absolute atomic E-state index is 0.0262. The number of Topliss-reactive ketones (excluding diaryl/α,β-unsaturated/α-hetero) is 1. The first-order chi connectivity index (χ1) is 27.1. The van der Waals surface area contributed by atoms with Crippen molar-refractivity contribution in [3.8, 4) is 21.9 Å². The number of aromatic hydroxyl groups is 1. The van der Waals surface area contributed by atoms with Crippen LogP contribution < -0.4 is 20.7 Å². The van der Waals surface area contributed by atoms with E-state index in [1.807, 2.05) is 0 Å². The van der Waals surface area contributed by atoms with E-state index in [-0.39, 0.29) is 30.1 Å². The molecule has 5 atom stereocenters. The van der Waals surface area contributed by atoms with E-state index in [1.165, 1.54) is 30.2 Å². The smallest absolute Gasteiger partial charge is 0.305 e. The van der Waals surface area contributed by atoms with Gasteiger partial charge in [0, 0.05) is 31.5 Å². The van der Waals surface area contributed by atoms with Gasteiger partial charge >= 0.3 is 5.97 Å². The van der Waals surface area contributed by atoms with Crippen LogP contribution in [0.25, 0.3) is 10.4 Å². The Kier molecular flexibility index (Phi) is 14.3. The maximum atomic E-state index is 14.5. The lowest BCUT2D eigenvalue weighted by atomic mass is 10.00. The lowest BCUT2D eigenvalue weighted by molar-refractivity contribution is -0.143. The molecular formula is C40H41Cl2N5O9S. The number of ether oxygens (including phenoxy) is 1. The van der Waals surface area contributed by atoms with E-state index in [2.05, 4.69) is 20.9 Å². The Morgan fingerprint density at radius 3 is 2.19 bits per heavy atom. The van der Waals surface area contributed by atoms with E-state index in [1.54, 1.807) is 74.5 Å². The van der Waals surface area contributed by atoms with Crippen molar-refractivity contribution in [1.82, 2.24) is 25.8 Å². The van der Waals surface area contributed by atoms with Crippen LogP contribution in [0.15, 0.2) is 79.0 Å². The van der Waals surface area contributed by atoms with Crippen LogP contribution in [0, 0.1) is 5.92 Å². The molecule has 0 unspecified atom stereocenters. The number of para-hydroxylation sites is 1. The maximum absolute atomic E-state index is 14.5. The van der Waals surface area contributed by atoms with Gasteiger partial charge in [0.1, 0.15) is 41.8 Å². The molecule has 2 heterocycles. The highest BCUT2D eigenvalue weighted by Crippen LogP contribution is 2.38. The van der Waals surface area contributed by atoms with Gasteiger partial charge in [-0.2, -0.15) is 0 Å². The number of thiazole rings is 1. The van der Waals surface area contributed by atoms with Crippen molar-refractivity contribution in [3.63, 3.8) is 0 Å². The van der Waals surface area contributed by atoms with Crippen LogP contribution >= 0.6 is 34.5 Å². The molecule has 1 aliphatic rings. The van der Waals surface area contributed by atoms with E-state index in [0.717, 1.165) is 11.3 Å². The number of likely N-dealkylation sites (tertiary alicyclic amines) is 1. The van der Waals surface area contributed by atoms with Gasteiger partial charge in [0.05, 0.1) is 27.9 Å². The molecule has 0 saturated carbocycles. The number of ketones is 1. The monoisotopic (exact) mass is 837 g/mol. The molecule has 300 valence electrons. The van der Waals surface area contributed by atoms with Crippen LogP contribution in [0.2, 0.25) is 10.0 Å². The summed E-state index contributed by atoms with van der Waals surface area (Å²) in [5.41, 5.74) is 1.08. The number of nitrogens with one attached hydrogen (secondary N) is 3. The number of carboxylic acid groups (broad SMARTS) is 1. The highest BCUT2D eigenvalue weighted by atomic mass is 35.5. The fraction of sp³-hybridized carbons (Fsp3) is 0.325. The van der Waals surface area contributed by atoms with E-state index in [4.69, 9.17) is 27.9 Å². The molecule has 4 aromatic rings. The van der Waals surface area contributed by atoms with Gasteiger partial charge in [0.25, 0.3) is 0 Å². The minimum Gasteiger partial charge on any atom is -0.508 e. The van der Waals surface area contributed by atoms with Crippen LogP contribution in [0.3, 0.4) is 0 Å². The number of aliphatic carboxylic acids is 1. The lowest BCUT2D eigenvalue weighted by Gasteiger charge is -2.31. The molecule has 4 amide bonds. The third kappa shape index (κ3) is 11.1. The topological polar surface area (TPSA) is 204 Å². The second-order valence-electron chi connectivity index (χ2n) is 13.8. The second-order valence-corrected chi connectivity index (χ2v) is 15.6. The van der Waals surface area contributed by atoms with Crippen LogP contribution in [0.4, 0.5) is 0 Å². The average Bonchev–Trinajstić information content (AvgIpc) is 3.81. The van der Waals surface area contributed by atoms with Gasteiger partial charge in [-0.15, -0.1) is 11.3 Å². The SMILES string of the molecule is CC(=O)N[C@@H](Cc1ccc(O)cc1)C(=O)N[C@H](C(=O)N1C[C@H](Oc2ccccc2)C[C@H]1C(=O)N[C@@H](CC(=O)O)C(=O)c1ncc(-c2c(Cl)cccc2Cl)s1)C(C)C. The molecule has 5 N–H and O–H groups in total. The van der Waals surface area contributed by atoms with Crippen LogP contribution in [-0.4, -0.2) is 92.3 Å². The number of phenolic OH excluding ortho intramolecular Hbond substituents is 1. The predicted octanol–water partition coefficient (Wildman–Crippen LogP) is 4.90. The third-order valence-corrected chi connectivity index (χ3v) is 10.8. The number of rotatable bonds is 16. The number of carboxylic acids is 1. The Labute approximate surface area is 342 Å². The Balaban J connectivity index is 1.40. The summed E-state index contributed by atoms with van der Waals surface area (Å²) in [6.07, 6.45) is -0.0755. The Hall–Kier alpha value is -5.51. The van der Waals surface area contributed by atoms with Crippen LogP contribution in [0.1, 0.15) is 49.0 Å². The molecule has 5 rings (SSSR count). The molecule has 1 aromatic heterocycles. The number of carbonyl (C=O) groups is 6. The average molecular weight is 839 g/mol. The van der Waals surface area contributed by atoms with E-state index < -0.39 is 78.0 Å². The van der Waals surface area contributed by atoms with Crippen molar-refractivity contribution in [2.75, 3.05) is 6.54 Å². The Morgan fingerprint density at radius 1 is 0.912 bits per heavy atom. The number of hydrogen-bond donors (Lipinski definition) is 5. The zero-order valence-electron chi connectivity index (χ0n) is 31.1. The predicted molar refractivity (Wildman–Crippen MR) is 213 cm³/mol. The standard InChI is InChI=1S/C40H41Cl2N5O9S/c1-21(2)35(46-37(53)30(44-22(3)48)16-23-12-14-24(49)15-13-23)40(55)47-20-26(56-25-8-5-4-6-9-25)17-31(47)38(54)45-29(18-33(50)51)36(52)39-43-19-32(57-39)34-27(41)10-7-11-28(34)42/h4-15,19,21,26,29-31,35,49H,16-18,20H2,1-3H3,(H,44,48)(H,45,54)(H,46,53)(H,50,51)/t26-,29+,30+,31+,35+/m1/s1. The van der Waals surface area contributed by atoms with Gasteiger partial charge < -0.3 is 35.8 Å². The molecule has 57 heavy (non-hydrogen) atoms. The van der Waals surface area contributed by atoms with Crippen molar-refractivity contribution in [1.29, 1.82) is 0 Å². The summed E-state index contributed by atoms with van der Waals surface area (Å²) in [4.78, 5) is 86.1. The highest BCUT2D eigenvalue weighted by Gasteiger charge is 2.45. The number of phenols is 1. The van der Waals surface area contributed by atoms with E-state index in [9.17, 15) is 39.0 Å². The molecular weight excluding hydrogens is 797 g/mol. The largest absolute Gasteiger partial charge is 0.508 e. The molecule has 0 bridgehead atoms. The number of halogens is 2. The van der Waals surface area contributed by atoms with Crippen molar-refractivity contribution < 1.29 is 43.7 Å². The maximum Gasteiger partial charge on any atom is 0.305 e. The fourth-order valence-electron chi connectivity index (χ4n) is 6.37. The van der Waals surface area contributed by atoms with Crippen molar-refractivity contribution >= 4 is 69.9 Å². The van der Waals surface area contributed by atoms with Gasteiger partial charge in [-0.25, -0.2) is 4.98 Å². The summed E-state index contributed by atoms with van der Waals surface area (Å²) in [5, 5.41) is 27.9. The normalized spacial score (nSPS) is 16.6. The molecule has 1 aliphatic heterocycles. The summed E-state index contributed by atoms with van der Waals surface area (Å²) in [6.45, 7) is 4.59. The molecule has 1 saturated heterocycles. The zero-order chi connectivity index (χ0) is 41.4. The molecule has 14 nitrogen and oxygen atoms in total. The first-order valence-electron chi connectivity index (χ1n) is 17.9. The summed E-state index contributed by atoms with van der Waals surface area (Å²) < 4.78 is 6.15. The number of amides is 4. The van der Waals surface area contributed by atoms with Crippen LogP contribution in [0.5, 0.6) is 11.5 Å². The fourth-order valence-corrected chi connectivity index (χ4v) is 8.07. The first kappa shape index (κ1) is 42.6. The summed E-state index contributed by atoms with van der Waals surface area (Å²) >= 11 is 13.6. The molecule has 17 heteroatoms. The van der Waals surface area contributed by atoms with E-state index in [0.29, 0.717) is 31.8 Å². The number of benzene rings is 3. The van der Waals surface area contributed by atoms with Crippen molar-refractivity contribution in [2.24, 2.45) is 5.92 Å². The number of nitrogens with zero attached hydrogens (tertiary/aromatic N) is 2. The van der Waals surface area contributed by atoms with Gasteiger partial charge in [-0.05, 0) is 47.9 Å². The van der Waals surface area contributed by atoms with Crippen LogP contribution in [-0.2, 0) is 30.4 Å². The Bertz CT molecular complexity index is 2100. The number of hydrogen-bond acceptors (Lipinski definition) is 10. The van der Waals surface area contributed by atoms with Gasteiger partial charge in [-0.3, -0.25) is 28.8 Å². The highest BCUT2D eigenvalue weighted by molar-refractivity contribution is 7.17. The Morgan fingerprint density at radius 2 is 1.58 bits per heavy atom. The summed E-state index contributed by atoms with van der Waals surface area (Å²) in [5.74, 6) is -4.72. The molecule has 0 radical (unpaired) electrons. The molecule has 0 aliphatic carbocycles. The molecule has 0 spiro atoms. The van der Waals surface area contributed by atoms with E-state index >= 15 is 0 Å². The lowest BCUT2D eigenvalue weighted by Crippen LogP contribution is -2.59. The number of aromatic nitrogens is 1. The van der Waals surface area contributed by atoms with Gasteiger partial charge in [0.15, 0.2) is 5.01 Å². The quantitative estimate of drug-likeness (QED) is 0.0966. The first-order valence-corrected chi connectivity index (χ1v) is 19.5. The molecule has 3 aromatic carbocycles. The minimum atomic E-state index is -1.57. The number of carbonyl (C=O) groups excluding carboxylic acids is 5. The summed E-state index contributed by atoms with van der Waals surface area (Å²) in [6, 6.07) is 14.7. The third-order valence-electron chi connectivity index (χ3n) is 9.13.